The molecule has 0 spiro atoms. The van der Waals surface area contributed by atoms with Crippen LogP contribution in [0.2, 0.25) is 0 Å². The molecule has 4 saturated carbocycles. The molecule has 4 bridgehead atoms. The number of aliphatic imine (C=N–C) groups is 1. The Hall–Kier alpha value is -1.27. The number of hydrogen-bond donors (Lipinski definition) is 1. The number of thioether (sulfide) groups is 1. The van der Waals surface area contributed by atoms with Crippen molar-refractivity contribution in [3.8, 4) is 0 Å². The van der Waals surface area contributed by atoms with Gasteiger partial charge in [-0.1, -0.05) is 11.8 Å². The molecule has 5 fully saturated rings. The fourth-order valence-electron chi connectivity index (χ4n) is 6.21. The van der Waals surface area contributed by atoms with Crippen LogP contribution in [0.5, 0.6) is 0 Å². The zero-order chi connectivity index (χ0) is 19.3. The average molecular weight is 438 g/mol. The maximum Gasteiger partial charge on any atom is 0.226 e. The van der Waals surface area contributed by atoms with Gasteiger partial charge in [0.05, 0.1) is 5.54 Å². The van der Waals surface area contributed by atoms with E-state index >= 15 is 0 Å². The molecule has 1 aromatic carbocycles. The predicted octanol–water partition coefficient (Wildman–Crippen LogP) is 4.95. The number of anilines is 1. The first-order valence-electron chi connectivity index (χ1n) is 10.5. The molecule has 6 rings (SSSR count). The lowest BCUT2D eigenvalue weighted by molar-refractivity contribution is -0.116. The summed E-state index contributed by atoms with van der Waals surface area (Å²) in [7, 11) is 2.08. The number of nitrogens with zero attached hydrogens (tertiary/aromatic N) is 2. The van der Waals surface area contributed by atoms with Crippen molar-refractivity contribution in [1.82, 2.24) is 4.90 Å². The number of carbonyl (C=O) groups excluding carboxylic acids is 1. The molecule has 1 heterocycles. The molecule has 1 amide bonds. The van der Waals surface area contributed by atoms with Gasteiger partial charge in [-0.3, -0.25) is 9.79 Å². The lowest BCUT2D eigenvalue weighted by atomic mass is 9.53. The van der Waals surface area contributed by atoms with E-state index in [1.54, 1.807) is 23.9 Å². The molecule has 1 unspecified atom stereocenters. The first-order valence-corrected chi connectivity index (χ1v) is 11.5. The molecule has 1 aliphatic heterocycles. The Bertz CT molecular complexity index is 764. The maximum atomic E-state index is 13.0. The Morgan fingerprint density at radius 2 is 1.76 bits per heavy atom. The fraction of sp³-hybridized carbons (Fsp3) is 0.636. The van der Waals surface area contributed by atoms with Gasteiger partial charge in [0.2, 0.25) is 5.91 Å². The molecule has 7 heteroatoms. The third kappa shape index (κ3) is 4.29. The van der Waals surface area contributed by atoms with Crippen LogP contribution in [-0.4, -0.2) is 40.4 Å². The molecule has 158 valence electrons. The number of benzene rings is 1. The van der Waals surface area contributed by atoms with Gasteiger partial charge in [0.1, 0.15) is 5.82 Å². The van der Waals surface area contributed by atoms with Gasteiger partial charge in [-0.25, -0.2) is 4.39 Å². The van der Waals surface area contributed by atoms with Crippen LogP contribution >= 0.6 is 24.2 Å². The molecule has 0 radical (unpaired) electrons. The van der Waals surface area contributed by atoms with Crippen molar-refractivity contribution in [2.75, 3.05) is 18.1 Å². The molecule has 4 nitrogen and oxygen atoms in total. The second kappa shape index (κ2) is 8.10. The normalized spacial score (nSPS) is 36.3. The maximum absolute atomic E-state index is 13.0. The molecule has 1 aromatic rings. The van der Waals surface area contributed by atoms with Crippen LogP contribution in [0.15, 0.2) is 29.3 Å². The van der Waals surface area contributed by atoms with Crippen LogP contribution in [0.3, 0.4) is 0 Å². The van der Waals surface area contributed by atoms with E-state index < -0.39 is 0 Å². The van der Waals surface area contributed by atoms with Crippen molar-refractivity contribution in [2.24, 2.45) is 22.7 Å². The quantitative estimate of drug-likeness (QED) is 0.724. The number of amidine groups is 1. The second-order valence-electron chi connectivity index (χ2n) is 9.37. The highest BCUT2D eigenvalue weighted by Gasteiger charge is 2.51. The first kappa shape index (κ1) is 21.0. The predicted molar refractivity (Wildman–Crippen MR) is 119 cm³/mol. The van der Waals surface area contributed by atoms with Gasteiger partial charge >= 0.3 is 0 Å². The highest BCUT2D eigenvalue weighted by atomic mass is 35.5. The lowest BCUT2D eigenvalue weighted by Crippen LogP contribution is -2.50. The molecule has 0 aromatic heterocycles. The number of amides is 1. The standard InChI is InChI=1S/C22H28FN3OS.ClH/c1-26-19(9-20(27)24-18-4-2-17(23)3-5-18)13-28-21(26)25-22-10-14-6-15(11-22)8-16(7-14)12-22;/h2-5,14-16,19H,6-13H2,1H3,(H,24,27);1H. The summed E-state index contributed by atoms with van der Waals surface area (Å²) in [6.07, 6.45) is 8.53. The van der Waals surface area contributed by atoms with E-state index in [0.717, 1.165) is 28.7 Å². The summed E-state index contributed by atoms with van der Waals surface area (Å²) in [6, 6.07) is 6.09. The zero-order valence-electron chi connectivity index (χ0n) is 16.8. The van der Waals surface area contributed by atoms with E-state index in [1.165, 1.54) is 50.7 Å². The smallest absolute Gasteiger partial charge is 0.226 e. The largest absolute Gasteiger partial charge is 0.350 e. The Labute approximate surface area is 182 Å². The topological polar surface area (TPSA) is 44.7 Å². The van der Waals surface area contributed by atoms with Gasteiger partial charge < -0.3 is 10.2 Å². The van der Waals surface area contributed by atoms with Crippen molar-refractivity contribution in [3.63, 3.8) is 0 Å². The second-order valence-corrected chi connectivity index (χ2v) is 10.4. The summed E-state index contributed by atoms with van der Waals surface area (Å²) in [5, 5.41) is 4.00. The summed E-state index contributed by atoms with van der Waals surface area (Å²) in [4.78, 5) is 20.0. The molecular formula is C22H29ClFN3OS. The number of rotatable bonds is 4. The van der Waals surface area contributed by atoms with E-state index in [1.807, 2.05) is 0 Å². The first-order chi connectivity index (χ1) is 13.5. The van der Waals surface area contributed by atoms with Crippen molar-refractivity contribution >= 4 is 40.9 Å². The van der Waals surface area contributed by atoms with Gasteiger partial charge in [0, 0.05) is 31.0 Å². The Morgan fingerprint density at radius 3 is 2.34 bits per heavy atom. The van der Waals surface area contributed by atoms with Crippen LogP contribution in [0.1, 0.15) is 44.9 Å². The van der Waals surface area contributed by atoms with Crippen molar-refractivity contribution in [3.05, 3.63) is 30.1 Å². The van der Waals surface area contributed by atoms with Crippen molar-refractivity contribution in [1.29, 1.82) is 0 Å². The van der Waals surface area contributed by atoms with Crippen LogP contribution in [0.25, 0.3) is 0 Å². The summed E-state index contributed by atoms with van der Waals surface area (Å²) < 4.78 is 13.0. The van der Waals surface area contributed by atoms with Crippen LogP contribution in [0.4, 0.5) is 10.1 Å². The molecule has 1 N–H and O–H groups in total. The number of halogens is 2. The van der Waals surface area contributed by atoms with E-state index in [9.17, 15) is 9.18 Å². The summed E-state index contributed by atoms with van der Waals surface area (Å²) in [5.74, 6) is 3.26. The SMILES string of the molecule is CN1C(=NC23CC4CC(CC(C4)C2)C3)SCC1CC(=O)Nc1ccc(F)cc1.Cl. The number of nitrogens with one attached hydrogen (secondary N) is 1. The summed E-state index contributed by atoms with van der Waals surface area (Å²) >= 11 is 1.80. The summed E-state index contributed by atoms with van der Waals surface area (Å²) in [5.41, 5.74) is 0.818. The Kier molecular flexibility index (Phi) is 5.86. The highest BCUT2D eigenvalue weighted by molar-refractivity contribution is 8.14. The third-order valence-electron chi connectivity index (χ3n) is 7.14. The van der Waals surface area contributed by atoms with Gasteiger partial charge in [-0.15, -0.1) is 12.4 Å². The average Bonchev–Trinajstić information content (AvgIpc) is 2.95. The van der Waals surface area contributed by atoms with Gasteiger partial charge in [-0.2, -0.15) is 0 Å². The van der Waals surface area contributed by atoms with Gasteiger partial charge in [0.25, 0.3) is 0 Å². The zero-order valence-corrected chi connectivity index (χ0v) is 18.4. The minimum Gasteiger partial charge on any atom is -0.350 e. The third-order valence-corrected chi connectivity index (χ3v) is 8.33. The van der Waals surface area contributed by atoms with E-state index in [4.69, 9.17) is 4.99 Å². The number of hydrogen-bond acceptors (Lipinski definition) is 3. The van der Waals surface area contributed by atoms with Crippen LogP contribution < -0.4 is 5.32 Å². The fourth-order valence-corrected chi connectivity index (χ4v) is 7.51. The van der Waals surface area contributed by atoms with Crippen LogP contribution in [0, 0.1) is 23.6 Å². The van der Waals surface area contributed by atoms with E-state index in [2.05, 4.69) is 17.3 Å². The minimum atomic E-state index is -0.296. The molecule has 1 atom stereocenters. The monoisotopic (exact) mass is 437 g/mol. The molecule has 5 aliphatic rings. The van der Waals surface area contributed by atoms with Gasteiger partial charge in [-0.05, 0) is 80.5 Å². The van der Waals surface area contributed by atoms with Crippen LogP contribution in [-0.2, 0) is 4.79 Å². The molecule has 4 aliphatic carbocycles. The Balaban J connectivity index is 0.00000205. The van der Waals surface area contributed by atoms with Crippen molar-refractivity contribution in [2.45, 2.75) is 56.5 Å². The lowest BCUT2D eigenvalue weighted by Gasteiger charge is -2.55. The molecule has 29 heavy (non-hydrogen) atoms. The van der Waals surface area contributed by atoms with Gasteiger partial charge in [0.15, 0.2) is 5.17 Å². The van der Waals surface area contributed by atoms with E-state index in [-0.39, 0.29) is 35.7 Å². The van der Waals surface area contributed by atoms with E-state index in [0.29, 0.717) is 12.1 Å². The molecule has 1 saturated heterocycles. The summed E-state index contributed by atoms with van der Waals surface area (Å²) in [6.45, 7) is 0. The number of carbonyl (C=O) groups is 1. The Morgan fingerprint density at radius 1 is 1.17 bits per heavy atom. The highest BCUT2D eigenvalue weighted by Crippen LogP contribution is 2.57. The molecular weight excluding hydrogens is 409 g/mol. The minimum absolute atomic E-state index is 0. The van der Waals surface area contributed by atoms with Crippen molar-refractivity contribution < 1.29 is 9.18 Å².